The molecule has 3 N–H and O–H groups in total. The van der Waals surface area contributed by atoms with Gasteiger partial charge >= 0.3 is 6.18 Å². The third kappa shape index (κ3) is 2.72. The summed E-state index contributed by atoms with van der Waals surface area (Å²) in [6.07, 6.45) is -4.56. The maximum Gasteiger partial charge on any atom is 0.453 e. The zero-order chi connectivity index (χ0) is 11.6. The van der Waals surface area contributed by atoms with Crippen LogP contribution in [0.2, 0.25) is 0 Å². The summed E-state index contributed by atoms with van der Waals surface area (Å²) in [5.41, 5.74) is 5.61. The van der Waals surface area contributed by atoms with Gasteiger partial charge in [0.15, 0.2) is 0 Å². The maximum absolute atomic E-state index is 12.1. The molecule has 0 saturated carbocycles. The molecule has 15 heavy (non-hydrogen) atoms. The Bertz CT molecular complexity index is 348. The van der Waals surface area contributed by atoms with Crippen LogP contribution in [-0.4, -0.2) is 20.5 Å². The summed E-state index contributed by atoms with van der Waals surface area (Å²) in [7, 11) is 0. The van der Waals surface area contributed by atoms with Crippen molar-refractivity contribution in [1.82, 2.24) is 15.2 Å². The van der Waals surface area contributed by atoms with Gasteiger partial charge in [-0.2, -0.15) is 13.2 Å². The molecule has 0 aliphatic carbocycles. The number of rotatable bonds is 3. The van der Waals surface area contributed by atoms with Crippen LogP contribution in [-0.2, 0) is 6.18 Å². The zero-order valence-electron chi connectivity index (χ0n) is 7.75. The second-order valence-electron chi connectivity index (χ2n) is 3.06. The van der Waals surface area contributed by atoms with Crippen molar-refractivity contribution in [3.05, 3.63) is 11.6 Å². The lowest BCUT2D eigenvalue weighted by Crippen LogP contribution is -2.21. The van der Waals surface area contributed by atoms with Crippen molar-refractivity contribution in [2.75, 3.05) is 0 Å². The number of hydrogen-bond acceptors (Lipinski definition) is 4. The molecule has 0 aromatic carbocycles. The summed E-state index contributed by atoms with van der Waals surface area (Å²) in [4.78, 5) is 3.27. The molecule has 4 nitrogen and oxygen atoms in total. The zero-order valence-corrected chi connectivity index (χ0v) is 8.56. The Morgan fingerprint density at radius 3 is 2.53 bits per heavy atom. The lowest BCUT2D eigenvalue weighted by molar-refractivity contribution is -0.144. The third-order valence-electron chi connectivity index (χ3n) is 1.85. The number of thiocarbonyl (C=S) groups is 1. The Balaban J connectivity index is 2.89. The first-order valence-electron chi connectivity index (χ1n) is 4.06. The Morgan fingerprint density at radius 2 is 2.13 bits per heavy atom. The van der Waals surface area contributed by atoms with Crippen molar-refractivity contribution < 1.29 is 13.2 Å². The minimum absolute atomic E-state index is 0.0177. The SMILES string of the molecule is CC(C=S)C(N)c1nc(C(F)(F)F)n[nH]1. The van der Waals surface area contributed by atoms with Gasteiger partial charge in [-0.25, -0.2) is 4.98 Å². The number of alkyl halides is 3. The molecule has 0 saturated heterocycles. The van der Waals surface area contributed by atoms with Gasteiger partial charge < -0.3 is 5.73 Å². The first kappa shape index (κ1) is 12.1. The van der Waals surface area contributed by atoms with Crippen molar-refractivity contribution in [2.24, 2.45) is 11.7 Å². The molecule has 8 heteroatoms. The second kappa shape index (κ2) is 4.23. The summed E-state index contributed by atoms with van der Waals surface area (Å²) in [6, 6.07) is -0.703. The van der Waals surface area contributed by atoms with E-state index in [4.69, 9.17) is 5.73 Å². The van der Waals surface area contributed by atoms with Gasteiger partial charge in [0.1, 0.15) is 5.82 Å². The van der Waals surface area contributed by atoms with Crippen molar-refractivity contribution >= 4 is 17.6 Å². The van der Waals surface area contributed by atoms with Crippen LogP contribution in [0.4, 0.5) is 13.2 Å². The summed E-state index contributed by atoms with van der Waals surface area (Å²) >= 11 is 4.64. The predicted molar refractivity (Wildman–Crippen MR) is 51.1 cm³/mol. The molecule has 1 aromatic rings. The standard InChI is InChI=1S/C7H9F3N4S/c1-3(2-15)4(11)5-12-6(14-13-5)7(8,9)10/h2-4H,11H2,1H3,(H,12,13,14). The Kier molecular flexibility index (Phi) is 3.40. The van der Waals surface area contributed by atoms with Crippen LogP contribution in [0.25, 0.3) is 0 Å². The highest BCUT2D eigenvalue weighted by molar-refractivity contribution is 7.79. The molecule has 0 spiro atoms. The molecule has 1 rings (SSSR count). The molecule has 84 valence electrons. The van der Waals surface area contributed by atoms with Crippen LogP contribution < -0.4 is 5.73 Å². The highest BCUT2D eigenvalue weighted by atomic mass is 32.1. The number of nitrogens with two attached hydrogens (primary N) is 1. The monoisotopic (exact) mass is 238 g/mol. The van der Waals surface area contributed by atoms with E-state index in [0.717, 1.165) is 0 Å². The minimum Gasteiger partial charge on any atom is -0.321 e. The molecule has 0 amide bonds. The van der Waals surface area contributed by atoms with Crippen LogP contribution in [0, 0.1) is 5.92 Å². The fourth-order valence-corrected chi connectivity index (χ4v) is 1.05. The average Bonchev–Trinajstić information content (AvgIpc) is 2.63. The van der Waals surface area contributed by atoms with Gasteiger partial charge in [-0.15, -0.1) is 5.10 Å². The van der Waals surface area contributed by atoms with E-state index in [1.807, 2.05) is 0 Å². The number of nitrogens with zero attached hydrogens (tertiary/aromatic N) is 2. The van der Waals surface area contributed by atoms with Gasteiger partial charge in [0.25, 0.3) is 5.82 Å². The predicted octanol–water partition coefficient (Wildman–Crippen LogP) is 1.46. The molecule has 1 aromatic heterocycles. The fourth-order valence-electron chi connectivity index (χ4n) is 0.884. The van der Waals surface area contributed by atoms with Crippen molar-refractivity contribution in [3.8, 4) is 0 Å². The van der Waals surface area contributed by atoms with Gasteiger partial charge in [-0.3, -0.25) is 5.10 Å². The van der Waals surface area contributed by atoms with E-state index < -0.39 is 18.0 Å². The molecule has 0 bridgehead atoms. The number of aromatic amines is 1. The van der Waals surface area contributed by atoms with Gasteiger partial charge in [-0.05, 0) is 5.37 Å². The normalized spacial score (nSPS) is 16.1. The smallest absolute Gasteiger partial charge is 0.321 e. The number of aromatic nitrogens is 3. The largest absolute Gasteiger partial charge is 0.453 e. The molecular formula is C7H9F3N4S. The summed E-state index contributed by atoms with van der Waals surface area (Å²) in [5.74, 6) is -1.49. The first-order chi connectivity index (χ1) is 6.86. The fraction of sp³-hybridized carbons (Fsp3) is 0.571. The number of H-pyrrole nitrogens is 1. The van der Waals surface area contributed by atoms with Crippen LogP contribution >= 0.6 is 12.2 Å². The van der Waals surface area contributed by atoms with Crippen molar-refractivity contribution in [2.45, 2.75) is 19.1 Å². The van der Waals surface area contributed by atoms with Crippen LogP contribution in [0.15, 0.2) is 0 Å². The van der Waals surface area contributed by atoms with Gasteiger partial charge in [0.05, 0.1) is 6.04 Å². The summed E-state index contributed by atoms with van der Waals surface area (Å²) in [5, 5.41) is 6.57. The Hall–Kier alpha value is -1.02. The number of hydrogen-bond donors (Lipinski definition) is 2. The van der Waals surface area contributed by atoms with Crippen LogP contribution in [0.1, 0.15) is 24.6 Å². The molecular weight excluding hydrogens is 229 g/mol. The van der Waals surface area contributed by atoms with E-state index in [0.29, 0.717) is 0 Å². The van der Waals surface area contributed by atoms with E-state index in [1.54, 1.807) is 6.92 Å². The van der Waals surface area contributed by atoms with E-state index >= 15 is 0 Å². The van der Waals surface area contributed by atoms with Crippen LogP contribution in [0.5, 0.6) is 0 Å². The molecule has 2 atom stereocenters. The maximum atomic E-state index is 12.1. The molecule has 0 radical (unpaired) electrons. The highest BCUT2D eigenvalue weighted by Gasteiger charge is 2.36. The van der Waals surface area contributed by atoms with Gasteiger partial charge in [-0.1, -0.05) is 19.1 Å². The average molecular weight is 238 g/mol. The number of nitrogens with one attached hydrogen (secondary N) is 1. The lowest BCUT2D eigenvalue weighted by atomic mass is 10.1. The minimum atomic E-state index is -4.56. The van der Waals surface area contributed by atoms with E-state index in [-0.39, 0.29) is 11.7 Å². The van der Waals surface area contributed by atoms with Crippen molar-refractivity contribution in [3.63, 3.8) is 0 Å². The first-order valence-corrected chi connectivity index (χ1v) is 4.53. The van der Waals surface area contributed by atoms with Gasteiger partial charge in [0.2, 0.25) is 0 Å². The third-order valence-corrected chi connectivity index (χ3v) is 2.28. The van der Waals surface area contributed by atoms with Gasteiger partial charge in [0, 0.05) is 5.92 Å². The number of halogens is 3. The van der Waals surface area contributed by atoms with E-state index in [2.05, 4.69) is 27.4 Å². The molecule has 0 fully saturated rings. The highest BCUT2D eigenvalue weighted by Crippen LogP contribution is 2.26. The second-order valence-corrected chi connectivity index (χ2v) is 3.34. The quantitative estimate of drug-likeness (QED) is 0.782. The molecule has 0 aliphatic rings. The molecule has 0 aliphatic heterocycles. The molecule has 2 unspecified atom stereocenters. The topological polar surface area (TPSA) is 67.6 Å². The lowest BCUT2D eigenvalue weighted by Gasteiger charge is -2.11. The Labute approximate surface area is 89.1 Å². The summed E-state index contributed by atoms with van der Waals surface area (Å²) < 4.78 is 36.4. The van der Waals surface area contributed by atoms with E-state index in [9.17, 15) is 13.2 Å². The Morgan fingerprint density at radius 1 is 1.53 bits per heavy atom. The van der Waals surface area contributed by atoms with Crippen molar-refractivity contribution in [1.29, 1.82) is 0 Å². The molecule has 1 heterocycles. The van der Waals surface area contributed by atoms with Crippen LogP contribution in [0.3, 0.4) is 0 Å². The summed E-state index contributed by atoms with van der Waals surface area (Å²) in [6.45, 7) is 1.69. The van der Waals surface area contributed by atoms with E-state index in [1.165, 1.54) is 5.37 Å².